The van der Waals surface area contributed by atoms with E-state index in [2.05, 4.69) is 31.2 Å². The van der Waals surface area contributed by atoms with Gasteiger partial charge in [-0.15, -0.1) is 0 Å². The summed E-state index contributed by atoms with van der Waals surface area (Å²) >= 11 is 0. The Kier molecular flexibility index (Phi) is 9.89. The molecular weight excluding hydrogens is 248 g/mol. The molecule has 0 radical (unpaired) electrons. The van der Waals surface area contributed by atoms with E-state index in [1.54, 1.807) is 7.11 Å². The van der Waals surface area contributed by atoms with E-state index in [4.69, 9.17) is 9.47 Å². The van der Waals surface area contributed by atoms with Gasteiger partial charge in [0, 0.05) is 13.7 Å². The third-order valence-electron chi connectivity index (χ3n) is 3.32. The number of methoxy groups -OCH3 is 1. The second-order valence-corrected chi connectivity index (χ2v) is 5.03. The SMILES string of the molecule is CCCC/C=C/C[C@H](CCOCc1ccccc1)OC. The summed E-state index contributed by atoms with van der Waals surface area (Å²) in [6.07, 6.45) is 10.4. The van der Waals surface area contributed by atoms with Crippen molar-refractivity contribution in [2.75, 3.05) is 13.7 Å². The molecule has 0 unspecified atom stereocenters. The molecule has 2 heteroatoms. The lowest BCUT2D eigenvalue weighted by atomic mass is 10.1. The molecule has 0 aliphatic rings. The molecule has 0 fully saturated rings. The van der Waals surface area contributed by atoms with Crippen molar-refractivity contribution in [1.82, 2.24) is 0 Å². The largest absolute Gasteiger partial charge is 0.381 e. The van der Waals surface area contributed by atoms with Crippen LogP contribution in [0.15, 0.2) is 42.5 Å². The normalized spacial score (nSPS) is 12.9. The third-order valence-corrected chi connectivity index (χ3v) is 3.32. The van der Waals surface area contributed by atoms with E-state index in [-0.39, 0.29) is 6.10 Å². The first-order chi connectivity index (χ1) is 9.86. The van der Waals surface area contributed by atoms with Crippen LogP contribution in [0.2, 0.25) is 0 Å². The molecule has 1 aromatic rings. The van der Waals surface area contributed by atoms with Crippen LogP contribution in [-0.2, 0) is 16.1 Å². The number of hydrogen-bond acceptors (Lipinski definition) is 2. The summed E-state index contributed by atoms with van der Waals surface area (Å²) in [6, 6.07) is 10.3. The van der Waals surface area contributed by atoms with E-state index in [1.165, 1.54) is 24.8 Å². The second kappa shape index (κ2) is 11.7. The van der Waals surface area contributed by atoms with Crippen LogP contribution in [0.25, 0.3) is 0 Å². The average molecular weight is 276 g/mol. The number of benzene rings is 1. The zero-order valence-corrected chi connectivity index (χ0v) is 12.9. The first-order valence-electron chi connectivity index (χ1n) is 7.66. The molecule has 0 aliphatic heterocycles. The first kappa shape index (κ1) is 16.9. The van der Waals surface area contributed by atoms with E-state index in [0.717, 1.165) is 19.4 Å². The van der Waals surface area contributed by atoms with Gasteiger partial charge in [0.05, 0.1) is 12.7 Å². The molecule has 1 rings (SSSR count). The third kappa shape index (κ3) is 8.13. The van der Waals surface area contributed by atoms with Gasteiger partial charge in [-0.2, -0.15) is 0 Å². The number of ether oxygens (including phenoxy) is 2. The zero-order chi connectivity index (χ0) is 14.5. The van der Waals surface area contributed by atoms with Gasteiger partial charge >= 0.3 is 0 Å². The fourth-order valence-electron chi connectivity index (χ4n) is 2.00. The van der Waals surface area contributed by atoms with Gasteiger partial charge in [-0.25, -0.2) is 0 Å². The van der Waals surface area contributed by atoms with Crippen molar-refractivity contribution in [3.63, 3.8) is 0 Å². The van der Waals surface area contributed by atoms with E-state index in [1.807, 2.05) is 18.2 Å². The highest BCUT2D eigenvalue weighted by molar-refractivity contribution is 5.13. The monoisotopic (exact) mass is 276 g/mol. The van der Waals surface area contributed by atoms with Crippen molar-refractivity contribution in [2.45, 2.75) is 51.7 Å². The predicted molar refractivity (Wildman–Crippen MR) is 84.8 cm³/mol. The van der Waals surface area contributed by atoms with E-state index in [0.29, 0.717) is 6.61 Å². The topological polar surface area (TPSA) is 18.5 Å². The fourth-order valence-corrected chi connectivity index (χ4v) is 2.00. The highest BCUT2D eigenvalue weighted by atomic mass is 16.5. The van der Waals surface area contributed by atoms with Crippen LogP contribution < -0.4 is 0 Å². The van der Waals surface area contributed by atoms with Gasteiger partial charge in [-0.1, -0.05) is 62.2 Å². The standard InChI is InChI=1S/C18H28O2/c1-3-4-5-6-10-13-18(19-2)14-15-20-16-17-11-8-7-9-12-17/h6-12,18H,3-5,13-16H2,1-2H3/b10-6+/t18-/m1/s1. The first-order valence-corrected chi connectivity index (χ1v) is 7.66. The summed E-state index contributed by atoms with van der Waals surface area (Å²) in [4.78, 5) is 0. The van der Waals surface area contributed by atoms with Crippen molar-refractivity contribution < 1.29 is 9.47 Å². The summed E-state index contributed by atoms with van der Waals surface area (Å²) in [6.45, 7) is 3.65. The molecule has 0 bridgehead atoms. The van der Waals surface area contributed by atoms with Crippen LogP contribution in [0.4, 0.5) is 0 Å². The molecule has 2 nitrogen and oxygen atoms in total. The zero-order valence-electron chi connectivity index (χ0n) is 12.9. The predicted octanol–water partition coefficient (Wildman–Crippen LogP) is 4.74. The van der Waals surface area contributed by atoms with Crippen LogP contribution in [0, 0.1) is 0 Å². The Labute approximate surface area is 123 Å². The van der Waals surface area contributed by atoms with Crippen molar-refractivity contribution in [3.05, 3.63) is 48.0 Å². The van der Waals surface area contributed by atoms with Crippen molar-refractivity contribution in [2.24, 2.45) is 0 Å². The average Bonchev–Trinajstić information content (AvgIpc) is 2.50. The molecule has 0 saturated carbocycles. The molecule has 0 spiro atoms. The minimum Gasteiger partial charge on any atom is -0.381 e. The second-order valence-electron chi connectivity index (χ2n) is 5.03. The van der Waals surface area contributed by atoms with Crippen LogP contribution in [-0.4, -0.2) is 19.8 Å². The minimum atomic E-state index is 0.267. The Hall–Kier alpha value is -1.12. The van der Waals surface area contributed by atoms with E-state index in [9.17, 15) is 0 Å². The summed E-state index contributed by atoms with van der Waals surface area (Å²) in [5.41, 5.74) is 1.22. The lowest BCUT2D eigenvalue weighted by molar-refractivity contribution is 0.0481. The lowest BCUT2D eigenvalue weighted by Gasteiger charge is -2.13. The fraction of sp³-hybridized carbons (Fsp3) is 0.556. The Morgan fingerprint density at radius 1 is 1.15 bits per heavy atom. The minimum absolute atomic E-state index is 0.267. The van der Waals surface area contributed by atoms with Crippen LogP contribution in [0.1, 0.15) is 44.6 Å². The highest BCUT2D eigenvalue weighted by Gasteiger charge is 2.04. The van der Waals surface area contributed by atoms with Crippen LogP contribution in [0.5, 0.6) is 0 Å². The molecule has 1 atom stereocenters. The quantitative estimate of drug-likeness (QED) is 0.429. The molecule has 0 aromatic heterocycles. The van der Waals surface area contributed by atoms with Crippen LogP contribution >= 0.6 is 0 Å². The summed E-state index contributed by atoms with van der Waals surface area (Å²) in [5, 5.41) is 0. The molecule has 0 heterocycles. The van der Waals surface area contributed by atoms with E-state index >= 15 is 0 Å². The Balaban J connectivity index is 2.10. The van der Waals surface area contributed by atoms with Crippen molar-refractivity contribution >= 4 is 0 Å². The molecule has 1 aromatic carbocycles. The van der Waals surface area contributed by atoms with Crippen molar-refractivity contribution in [1.29, 1.82) is 0 Å². The maximum absolute atomic E-state index is 5.69. The number of rotatable bonds is 11. The van der Waals surface area contributed by atoms with Gasteiger partial charge in [0.1, 0.15) is 0 Å². The smallest absolute Gasteiger partial charge is 0.0716 e. The lowest BCUT2D eigenvalue weighted by Crippen LogP contribution is -2.12. The molecular formula is C18H28O2. The highest BCUT2D eigenvalue weighted by Crippen LogP contribution is 2.07. The van der Waals surface area contributed by atoms with E-state index < -0.39 is 0 Å². The van der Waals surface area contributed by atoms with Crippen molar-refractivity contribution in [3.8, 4) is 0 Å². The molecule has 0 amide bonds. The Bertz CT molecular complexity index is 346. The summed E-state index contributed by atoms with van der Waals surface area (Å²) in [5.74, 6) is 0. The van der Waals surface area contributed by atoms with Gasteiger partial charge in [0.2, 0.25) is 0 Å². The maximum atomic E-state index is 5.69. The molecule has 20 heavy (non-hydrogen) atoms. The van der Waals surface area contributed by atoms with Gasteiger partial charge in [0.25, 0.3) is 0 Å². The summed E-state index contributed by atoms with van der Waals surface area (Å²) in [7, 11) is 1.78. The van der Waals surface area contributed by atoms with Gasteiger partial charge in [-0.05, 0) is 24.8 Å². The van der Waals surface area contributed by atoms with Gasteiger partial charge in [0.15, 0.2) is 0 Å². The molecule has 0 aliphatic carbocycles. The summed E-state index contributed by atoms with van der Waals surface area (Å²) < 4.78 is 11.2. The van der Waals surface area contributed by atoms with Crippen LogP contribution in [0.3, 0.4) is 0 Å². The molecule has 0 N–H and O–H groups in total. The maximum Gasteiger partial charge on any atom is 0.0716 e. The van der Waals surface area contributed by atoms with Gasteiger partial charge < -0.3 is 9.47 Å². The number of unbranched alkanes of at least 4 members (excludes halogenated alkanes) is 2. The Morgan fingerprint density at radius 3 is 2.65 bits per heavy atom. The molecule has 0 saturated heterocycles. The van der Waals surface area contributed by atoms with Gasteiger partial charge in [-0.3, -0.25) is 0 Å². The number of allylic oxidation sites excluding steroid dienone is 1. The number of hydrogen-bond donors (Lipinski definition) is 0. The molecule has 112 valence electrons. The Morgan fingerprint density at radius 2 is 1.95 bits per heavy atom.